The van der Waals surface area contributed by atoms with Crippen LogP contribution < -0.4 is 5.43 Å². The number of hydrazone groups is 1. The molecule has 0 saturated heterocycles. The van der Waals surface area contributed by atoms with Gasteiger partial charge in [-0.05, 0) is 24.6 Å². The molecule has 1 atom stereocenters. The summed E-state index contributed by atoms with van der Waals surface area (Å²) in [6, 6.07) is 6.09. The van der Waals surface area contributed by atoms with Crippen LogP contribution in [0.2, 0.25) is 0 Å². The first-order valence-corrected chi connectivity index (χ1v) is 9.34. The van der Waals surface area contributed by atoms with Crippen molar-refractivity contribution >= 4 is 46.0 Å². The molecule has 1 aromatic heterocycles. The normalized spacial score (nSPS) is 18.2. The zero-order valence-corrected chi connectivity index (χ0v) is 14.2. The van der Waals surface area contributed by atoms with Gasteiger partial charge in [-0.2, -0.15) is 5.10 Å². The second-order valence-corrected chi connectivity index (χ2v) is 6.66. The van der Waals surface area contributed by atoms with Gasteiger partial charge in [0, 0.05) is 23.3 Å². The number of carbonyl (C=O) groups excluding carboxylic acids is 1. The lowest BCUT2D eigenvalue weighted by Gasteiger charge is -2.19. The van der Waals surface area contributed by atoms with Crippen molar-refractivity contribution in [1.29, 1.82) is 0 Å². The zero-order valence-electron chi connectivity index (χ0n) is 12.6. The van der Waals surface area contributed by atoms with Gasteiger partial charge in [0.2, 0.25) is 5.91 Å². The van der Waals surface area contributed by atoms with E-state index >= 15 is 0 Å². The topological polar surface area (TPSA) is 67.2 Å². The van der Waals surface area contributed by atoms with Gasteiger partial charge < -0.3 is 0 Å². The fourth-order valence-corrected chi connectivity index (χ4v) is 3.49. The average molecular weight is 332 g/mol. The molecule has 0 bridgehead atoms. The van der Waals surface area contributed by atoms with Crippen molar-refractivity contribution in [2.24, 2.45) is 11.0 Å². The molecule has 1 aromatic carbocycles. The molecule has 1 unspecified atom stereocenters. The van der Waals surface area contributed by atoms with Gasteiger partial charge in [-0.3, -0.25) is 4.79 Å². The summed E-state index contributed by atoms with van der Waals surface area (Å²) in [5, 5.41) is 7.00. The second kappa shape index (κ2) is 6.26. The SMILES string of the molecule is CSc1nc(SC)c2ccc(C3=NNC(=O)CC3C)cc2n1. The Kier molecular flexibility index (Phi) is 4.35. The highest BCUT2D eigenvalue weighted by Gasteiger charge is 2.22. The molecular formula is C15H16N4OS2. The summed E-state index contributed by atoms with van der Waals surface area (Å²) in [5.74, 6) is 0.0711. The van der Waals surface area contributed by atoms with Crippen LogP contribution in [0, 0.1) is 5.92 Å². The fourth-order valence-electron chi connectivity index (χ4n) is 2.49. The van der Waals surface area contributed by atoms with Crippen LogP contribution in [0.4, 0.5) is 0 Å². The number of hydrogen-bond acceptors (Lipinski definition) is 6. The monoisotopic (exact) mass is 332 g/mol. The first-order valence-electron chi connectivity index (χ1n) is 6.89. The lowest BCUT2D eigenvalue weighted by atomic mass is 9.93. The highest BCUT2D eigenvalue weighted by atomic mass is 32.2. The van der Waals surface area contributed by atoms with Crippen molar-refractivity contribution in [2.45, 2.75) is 23.5 Å². The molecule has 1 aliphatic heterocycles. The van der Waals surface area contributed by atoms with Crippen LogP contribution in [-0.2, 0) is 4.79 Å². The lowest BCUT2D eigenvalue weighted by molar-refractivity contribution is -0.121. The van der Waals surface area contributed by atoms with Gasteiger partial charge in [-0.1, -0.05) is 24.8 Å². The highest BCUT2D eigenvalue weighted by Crippen LogP contribution is 2.28. The number of nitrogens with zero attached hydrogens (tertiary/aromatic N) is 3. The minimum Gasteiger partial charge on any atom is -0.273 e. The number of rotatable bonds is 3. The van der Waals surface area contributed by atoms with Crippen molar-refractivity contribution in [2.75, 3.05) is 12.5 Å². The fraction of sp³-hybridized carbons (Fsp3) is 0.333. The Labute approximate surface area is 137 Å². The van der Waals surface area contributed by atoms with E-state index in [2.05, 4.69) is 20.5 Å². The quantitative estimate of drug-likeness (QED) is 0.532. The molecule has 5 nitrogen and oxygen atoms in total. The summed E-state index contributed by atoms with van der Waals surface area (Å²) in [6.45, 7) is 2.02. The Bertz CT molecular complexity index is 775. The van der Waals surface area contributed by atoms with Gasteiger partial charge in [0.1, 0.15) is 5.03 Å². The Morgan fingerprint density at radius 2 is 2.05 bits per heavy atom. The summed E-state index contributed by atoms with van der Waals surface area (Å²) < 4.78 is 0. The average Bonchev–Trinajstić information content (AvgIpc) is 2.53. The summed E-state index contributed by atoms with van der Waals surface area (Å²) in [5.41, 5.74) is 5.37. The number of aromatic nitrogens is 2. The van der Waals surface area contributed by atoms with E-state index in [9.17, 15) is 4.79 Å². The molecule has 0 fully saturated rings. The predicted molar refractivity (Wildman–Crippen MR) is 91.6 cm³/mol. The third-order valence-electron chi connectivity index (χ3n) is 3.57. The maximum absolute atomic E-state index is 11.4. The first kappa shape index (κ1) is 15.3. The first-order chi connectivity index (χ1) is 10.6. The maximum atomic E-state index is 11.4. The van der Waals surface area contributed by atoms with Crippen LogP contribution in [0.15, 0.2) is 33.5 Å². The number of thioether (sulfide) groups is 2. The molecule has 1 amide bonds. The van der Waals surface area contributed by atoms with Gasteiger partial charge in [0.15, 0.2) is 5.16 Å². The van der Waals surface area contributed by atoms with Crippen LogP contribution in [0.3, 0.4) is 0 Å². The summed E-state index contributed by atoms with van der Waals surface area (Å²) in [4.78, 5) is 20.5. The number of amides is 1. The molecule has 2 aromatic rings. The smallest absolute Gasteiger partial charge is 0.240 e. The van der Waals surface area contributed by atoms with Gasteiger partial charge in [-0.15, -0.1) is 11.8 Å². The molecular weight excluding hydrogens is 316 g/mol. The second-order valence-electron chi connectivity index (χ2n) is 5.09. The van der Waals surface area contributed by atoms with Gasteiger partial charge in [0.25, 0.3) is 0 Å². The van der Waals surface area contributed by atoms with Gasteiger partial charge in [0.05, 0.1) is 11.2 Å². The summed E-state index contributed by atoms with van der Waals surface area (Å²) in [7, 11) is 0. The molecule has 1 aliphatic rings. The van der Waals surface area contributed by atoms with E-state index in [1.165, 1.54) is 11.8 Å². The Hall–Kier alpha value is -1.60. The number of benzene rings is 1. The number of hydrogen-bond donors (Lipinski definition) is 1. The Balaban J connectivity index is 2.11. The molecule has 7 heteroatoms. The maximum Gasteiger partial charge on any atom is 0.240 e. The third-order valence-corrected chi connectivity index (χ3v) is 4.82. The summed E-state index contributed by atoms with van der Waals surface area (Å²) >= 11 is 3.15. The zero-order chi connectivity index (χ0) is 15.7. The van der Waals surface area contributed by atoms with Crippen molar-refractivity contribution in [3.05, 3.63) is 23.8 Å². The molecule has 0 radical (unpaired) electrons. The van der Waals surface area contributed by atoms with Crippen molar-refractivity contribution < 1.29 is 4.79 Å². The van der Waals surface area contributed by atoms with E-state index in [1.807, 2.05) is 37.6 Å². The predicted octanol–water partition coefficient (Wildman–Crippen LogP) is 2.93. The molecule has 114 valence electrons. The number of nitrogens with one attached hydrogen (secondary N) is 1. The molecule has 0 aliphatic carbocycles. The van der Waals surface area contributed by atoms with E-state index in [-0.39, 0.29) is 11.8 Å². The number of fused-ring (bicyclic) bond motifs is 1. The van der Waals surface area contributed by atoms with Crippen LogP contribution in [0.1, 0.15) is 18.9 Å². The standard InChI is InChI=1S/C15H16N4OS2/c1-8-6-12(20)18-19-13(8)9-4-5-10-11(7-9)16-15(22-3)17-14(10)21-2/h4-5,7-8H,6H2,1-3H3,(H,18,20). The number of carbonyl (C=O) groups is 1. The third kappa shape index (κ3) is 2.83. The van der Waals surface area contributed by atoms with Crippen LogP contribution in [-0.4, -0.2) is 34.1 Å². The molecule has 3 rings (SSSR count). The van der Waals surface area contributed by atoms with E-state index in [0.29, 0.717) is 6.42 Å². The molecule has 2 heterocycles. The minimum absolute atomic E-state index is 0.0336. The Morgan fingerprint density at radius 3 is 2.73 bits per heavy atom. The van der Waals surface area contributed by atoms with Crippen LogP contribution in [0.5, 0.6) is 0 Å². The highest BCUT2D eigenvalue weighted by molar-refractivity contribution is 7.99. The van der Waals surface area contributed by atoms with Crippen molar-refractivity contribution in [3.63, 3.8) is 0 Å². The molecule has 0 spiro atoms. The van der Waals surface area contributed by atoms with E-state index in [4.69, 9.17) is 0 Å². The molecule has 0 saturated carbocycles. The van der Waals surface area contributed by atoms with Gasteiger partial charge in [-0.25, -0.2) is 15.4 Å². The van der Waals surface area contributed by atoms with E-state index in [0.717, 1.165) is 32.4 Å². The van der Waals surface area contributed by atoms with Crippen molar-refractivity contribution in [3.8, 4) is 0 Å². The molecule has 22 heavy (non-hydrogen) atoms. The largest absolute Gasteiger partial charge is 0.273 e. The van der Waals surface area contributed by atoms with Gasteiger partial charge >= 0.3 is 0 Å². The van der Waals surface area contributed by atoms with Crippen molar-refractivity contribution in [1.82, 2.24) is 15.4 Å². The van der Waals surface area contributed by atoms with E-state index < -0.39 is 0 Å². The van der Waals surface area contributed by atoms with Crippen LogP contribution in [0.25, 0.3) is 10.9 Å². The van der Waals surface area contributed by atoms with Crippen LogP contribution >= 0.6 is 23.5 Å². The summed E-state index contributed by atoms with van der Waals surface area (Å²) in [6.07, 6.45) is 4.45. The lowest BCUT2D eigenvalue weighted by Crippen LogP contribution is -2.31. The Morgan fingerprint density at radius 1 is 1.23 bits per heavy atom. The van der Waals surface area contributed by atoms with E-state index in [1.54, 1.807) is 11.8 Å². The molecule has 1 N–H and O–H groups in total. The minimum atomic E-state index is -0.0336.